The molecule has 2 amide bonds. The molecule has 1 aromatic carbocycles. The summed E-state index contributed by atoms with van der Waals surface area (Å²) in [7, 11) is 0. The van der Waals surface area contributed by atoms with Gasteiger partial charge in [-0.3, -0.25) is 14.5 Å². The summed E-state index contributed by atoms with van der Waals surface area (Å²) in [6, 6.07) is 4.84. The highest BCUT2D eigenvalue weighted by molar-refractivity contribution is 6.08. The van der Waals surface area contributed by atoms with Gasteiger partial charge in [-0.25, -0.2) is 4.39 Å². The normalized spacial score (nSPS) is 26.8. The molecule has 5 heteroatoms. The van der Waals surface area contributed by atoms with Crippen LogP contribution in [0.1, 0.15) is 19.8 Å². The van der Waals surface area contributed by atoms with Crippen LogP contribution in [-0.4, -0.2) is 35.3 Å². The smallest absolute Gasteiger partial charge is 0.250 e. The molecule has 0 N–H and O–H groups in total. The zero-order valence-corrected chi connectivity index (χ0v) is 10.7. The van der Waals surface area contributed by atoms with Crippen LogP contribution in [0.5, 0.6) is 0 Å². The fraction of sp³-hybridized carbons (Fsp3) is 0.429. The van der Waals surface area contributed by atoms with Crippen LogP contribution in [0, 0.1) is 5.82 Å². The molecule has 2 fully saturated rings. The summed E-state index contributed by atoms with van der Waals surface area (Å²) in [4.78, 5) is 27.9. The molecule has 1 aromatic rings. The van der Waals surface area contributed by atoms with Crippen LogP contribution in [0.15, 0.2) is 24.3 Å². The lowest BCUT2D eigenvalue weighted by molar-refractivity contribution is -0.143. The molecule has 0 bridgehead atoms. The first-order valence-corrected chi connectivity index (χ1v) is 6.48. The second-order valence-corrected chi connectivity index (χ2v) is 5.05. The van der Waals surface area contributed by atoms with Gasteiger partial charge >= 0.3 is 0 Å². The number of carbonyl (C=O) groups excluding carboxylic acids is 2. The lowest BCUT2D eigenvalue weighted by Crippen LogP contribution is -2.62. The lowest BCUT2D eigenvalue weighted by Gasteiger charge is -2.40. The number of nitrogens with zero attached hydrogens (tertiary/aromatic N) is 2. The third-order valence-electron chi connectivity index (χ3n) is 3.91. The van der Waals surface area contributed by atoms with E-state index in [-0.39, 0.29) is 23.7 Å². The molecule has 0 aliphatic carbocycles. The standard InChI is InChI=1S/C14H15FN2O2/c1-9-13(18)16-8-2-3-12(16)14(19)17(9)11-6-4-10(15)5-7-11/h4-7,9,12H,2-3,8H2,1H3. The van der Waals surface area contributed by atoms with Crippen LogP contribution < -0.4 is 4.90 Å². The van der Waals surface area contributed by atoms with Gasteiger partial charge in [0.05, 0.1) is 0 Å². The van der Waals surface area contributed by atoms with Gasteiger partial charge in [-0.2, -0.15) is 0 Å². The minimum Gasteiger partial charge on any atom is -0.329 e. The zero-order chi connectivity index (χ0) is 13.6. The average Bonchev–Trinajstić information content (AvgIpc) is 2.88. The van der Waals surface area contributed by atoms with Crippen LogP contribution in [0.4, 0.5) is 10.1 Å². The van der Waals surface area contributed by atoms with E-state index in [2.05, 4.69) is 0 Å². The van der Waals surface area contributed by atoms with Gasteiger partial charge in [-0.15, -0.1) is 0 Å². The number of rotatable bonds is 1. The number of amides is 2. The summed E-state index contributed by atoms with van der Waals surface area (Å²) in [5, 5.41) is 0. The van der Waals surface area contributed by atoms with Crippen molar-refractivity contribution in [1.82, 2.24) is 4.90 Å². The van der Waals surface area contributed by atoms with Crippen LogP contribution in [0.2, 0.25) is 0 Å². The van der Waals surface area contributed by atoms with E-state index in [1.54, 1.807) is 24.0 Å². The van der Waals surface area contributed by atoms with Gasteiger partial charge in [0.25, 0.3) is 5.91 Å². The largest absolute Gasteiger partial charge is 0.329 e. The van der Waals surface area contributed by atoms with E-state index >= 15 is 0 Å². The molecule has 2 aliphatic rings. The number of anilines is 1. The predicted molar refractivity (Wildman–Crippen MR) is 68.1 cm³/mol. The fourth-order valence-corrected chi connectivity index (χ4v) is 2.94. The predicted octanol–water partition coefficient (Wildman–Crippen LogP) is 1.55. The van der Waals surface area contributed by atoms with Crippen molar-refractivity contribution in [3.05, 3.63) is 30.1 Å². The van der Waals surface area contributed by atoms with Gasteiger partial charge in [0, 0.05) is 12.2 Å². The first-order chi connectivity index (χ1) is 9.09. The molecular weight excluding hydrogens is 247 g/mol. The number of carbonyl (C=O) groups is 2. The molecule has 2 unspecified atom stereocenters. The third-order valence-corrected chi connectivity index (χ3v) is 3.91. The van der Waals surface area contributed by atoms with Crippen molar-refractivity contribution in [1.29, 1.82) is 0 Å². The number of fused-ring (bicyclic) bond motifs is 1. The maximum atomic E-state index is 13.0. The SMILES string of the molecule is CC1C(=O)N2CCCC2C(=O)N1c1ccc(F)cc1. The second-order valence-electron chi connectivity index (χ2n) is 5.05. The monoisotopic (exact) mass is 262 g/mol. The Balaban J connectivity index is 1.98. The third kappa shape index (κ3) is 1.80. The van der Waals surface area contributed by atoms with Crippen molar-refractivity contribution < 1.29 is 14.0 Å². The Labute approximate surface area is 110 Å². The second kappa shape index (κ2) is 4.33. The van der Waals surface area contributed by atoms with Gasteiger partial charge < -0.3 is 4.90 Å². The highest BCUT2D eigenvalue weighted by Crippen LogP contribution is 2.30. The Kier molecular flexibility index (Phi) is 2.77. The Morgan fingerprint density at radius 3 is 2.53 bits per heavy atom. The van der Waals surface area contributed by atoms with Crippen molar-refractivity contribution >= 4 is 17.5 Å². The van der Waals surface area contributed by atoms with E-state index < -0.39 is 6.04 Å². The van der Waals surface area contributed by atoms with Crippen molar-refractivity contribution in [2.45, 2.75) is 31.8 Å². The van der Waals surface area contributed by atoms with Gasteiger partial charge in [0.2, 0.25) is 5.91 Å². The van der Waals surface area contributed by atoms with Gasteiger partial charge in [-0.05, 0) is 44.0 Å². The van der Waals surface area contributed by atoms with Crippen LogP contribution in [0.3, 0.4) is 0 Å². The van der Waals surface area contributed by atoms with E-state index in [9.17, 15) is 14.0 Å². The maximum absolute atomic E-state index is 13.0. The van der Waals surface area contributed by atoms with Crippen molar-refractivity contribution in [2.75, 3.05) is 11.4 Å². The number of piperazine rings is 1. The summed E-state index contributed by atoms with van der Waals surface area (Å²) in [6.45, 7) is 2.38. The van der Waals surface area contributed by atoms with E-state index in [1.165, 1.54) is 17.0 Å². The zero-order valence-electron chi connectivity index (χ0n) is 10.7. The minimum absolute atomic E-state index is 0.0218. The lowest BCUT2D eigenvalue weighted by atomic mass is 10.1. The molecule has 19 heavy (non-hydrogen) atoms. The highest BCUT2D eigenvalue weighted by atomic mass is 19.1. The molecular formula is C14H15FN2O2. The number of benzene rings is 1. The van der Waals surface area contributed by atoms with Crippen molar-refractivity contribution in [2.24, 2.45) is 0 Å². The molecule has 2 atom stereocenters. The summed E-state index contributed by atoms with van der Waals surface area (Å²) in [5.74, 6) is -0.433. The van der Waals surface area contributed by atoms with E-state index in [4.69, 9.17) is 0 Å². The number of hydrogen-bond donors (Lipinski definition) is 0. The van der Waals surface area contributed by atoms with E-state index in [0.717, 1.165) is 12.8 Å². The van der Waals surface area contributed by atoms with Gasteiger partial charge in [0.1, 0.15) is 17.9 Å². The molecule has 0 aromatic heterocycles. The Morgan fingerprint density at radius 1 is 1.16 bits per heavy atom. The number of halogens is 1. The summed E-state index contributed by atoms with van der Waals surface area (Å²) < 4.78 is 13.0. The topological polar surface area (TPSA) is 40.6 Å². The first kappa shape index (κ1) is 12.1. The van der Waals surface area contributed by atoms with Crippen LogP contribution in [-0.2, 0) is 9.59 Å². The quantitative estimate of drug-likeness (QED) is 0.770. The van der Waals surface area contributed by atoms with Crippen LogP contribution >= 0.6 is 0 Å². The van der Waals surface area contributed by atoms with Gasteiger partial charge in [-0.1, -0.05) is 0 Å². The first-order valence-electron chi connectivity index (χ1n) is 6.48. The molecule has 2 heterocycles. The molecule has 0 saturated carbocycles. The van der Waals surface area contributed by atoms with E-state index in [0.29, 0.717) is 12.2 Å². The summed E-state index contributed by atoms with van der Waals surface area (Å²) >= 11 is 0. The average molecular weight is 262 g/mol. The van der Waals surface area contributed by atoms with Crippen molar-refractivity contribution in [3.8, 4) is 0 Å². The van der Waals surface area contributed by atoms with Gasteiger partial charge in [0.15, 0.2) is 0 Å². The Bertz CT molecular complexity index is 529. The maximum Gasteiger partial charge on any atom is 0.250 e. The van der Waals surface area contributed by atoms with Crippen molar-refractivity contribution in [3.63, 3.8) is 0 Å². The molecule has 100 valence electrons. The summed E-state index contributed by atoms with van der Waals surface area (Å²) in [5.41, 5.74) is 0.582. The summed E-state index contributed by atoms with van der Waals surface area (Å²) in [6.07, 6.45) is 1.58. The Morgan fingerprint density at radius 2 is 1.84 bits per heavy atom. The molecule has 2 aliphatic heterocycles. The minimum atomic E-state index is -0.521. The molecule has 4 nitrogen and oxygen atoms in total. The van der Waals surface area contributed by atoms with E-state index in [1.807, 2.05) is 0 Å². The van der Waals surface area contributed by atoms with Crippen LogP contribution in [0.25, 0.3) is 0 Å². The fourth-order valence-electron chi connectivity index (χ4n) is 2.94. The molecule has 2 saturated heterocycles. The Hall–Kier alpha value is -1.91. The molecule has 0 radical (unpaired) electrons. The number of hydrogen-bond acceptors (Lipinski definition) is 2. The molecule has 3 rings (SSSR count). The highest BCUT2D eigenvalue weighted by Gasteiger charge is 2.46. The molecule has 0 spiro atoms.